The van der Waals surface area contributed by atoms with Crippen LogP contribution in [0.4, 0.5) is 13.2 Å². The second kappa shape index (κ2) is 5.99. The Bertz CT molecular complexity index is 887. The van der Waals surface area contributed by atoms with Gasteiger partial charge in [0.15, 0.2) is 0 Å². The molecule has 0 unspecified atom stereocenters. The SMILES string of the molecule is O=[N+]([O-])C[C@H](c1cccc(C(F)(F)F)c1)c1c[nH]c2ccccc12. The molecule has 0 bridgehead atoms. The number of alkyl halides is 3. The lowest BCUT2D eigenvalue weighted by atomic mass is 9.90. The maximum absolute atomic E-state index is 12.9. The van der Waals surface area contributed by atoms with Gasteiger partial charge in [0.2, 0.25) is 6.54 Å². The number of fused-ring (bicyclic) bond motifs is 1. The lowest BCUT2D eigenvalue weighted by Gasteiger charge is -2.15. The van der Waals surface area contributed by atoms with Crippen molar-refractivity contribution in [3.05, 3.63) is 81.5 Å². The van der Waals surface area contributed by atoms with Gasteiger partial charge in [-0.15, -0.1) is 0 Å². The van der Waals surface area contributed by atoms with Crippen LogP contribution in [0.2, 0.25) is 0 Å². The Morgan fingerprint density at radius 1 is 1.12 bits per heavy atom. The van der Waals surface area contributed by atoms with Crippen molar-refractivity contribution in [2.24, 2.45) is 0 Å². The first kappa shape index (κ1) is 16.0. The van der Waals surface area contributed by atoms with Crippen molar-refractivity contribution in [2.75, 3.05) is 6.54 Å². The third-order valence-electron chi connectivity index (χ3n) is 3.94. The van der Waals surface area contributed by atoms with Gasteiger partial charge < -0.3 is 4.98 Å². The quantitative estimate of drug-likeness (QED) is 0.560. The molecule has 0 fully saturated rings. The van der Waals surface area contributed by atoms with Crippen molar-refractivity contribution in [2.45, 2.75) is 12.1 Å². The van der Waals surface area contributed by atoms with E-state index in [1.807, 2.05) is 12.1 Å². The average Bonchev–Trinajstić information content (AvgIpc) is 2.95. The molecular weight excluding hydrogens is 321 g/mol. The van der Waals surface area contributed by atoms with Gasteiger partial charge >= 0.3 is 6.18 Å². The Balaban J connectivity index is 2.12. The zero-order valence-electron chi connectivity index (χ0n) is 12.4. The van der Waals surface area contributed by atoms with Gasteiger partial charge in [-0.05, 0) is 23.3 Å². The normalized spacial score (nSPS) is 13.1. The second-order valence-corrected chi connectivity index (χ2v) is 5.48. The van der Waals surface area contributed by atoms with E-state index in [9.17, 15) is 23.3 Å². The first-order chi connectivity index (χ1) is 11.4. The molecule has 0 aliphatic rings. The first-order valence-electron chi connectivity index (χ1n) is 7.21. The van der Waals surface area contributed by atoms with Gasteiger partial charge in [0.1, 0.15) is 0 Å². The highest BCUT2D eigenvalue weighted by Crippen LogP contribution is 2.35. The van der Waals surface area contributed by atoms with Gasteiger partial charge in [0.05, 0.1) is 11.5 Å². The van der Waals surface area contributed by atoms with Crippen LogP contribution in [0.5, 0.6) is 0 Å². The zero-order valence-corrected chi connectivity index (χ0v) is 12.4. The predicted octanol–water partition coefficient (Wildman–Crippen LogP) is 4.60. The molecule has 0 saturated heterocycles. The van der Waals surface area contributed by atoms with Gasteiger partial charge in [-0.1, -0.05) is 36.4 Å². The number of para-hydroxylation sites is 1. The summed E-state index contributed by atoms with van der Waals surface area (Å²) in [6.45, 7) is -0.483. The molecule has 3 rings (SSSR count). The maximum Gasteiger partial charge on any atom is 0.416 e. The van der Waals surface area contributed by atoms with Gasteiger partial charge in [0, 0.05) is 22.0 Å². The summed E-state index contributed by atoms with van der Waals surface area (Å²) in [4.78, 5) is 13.6. The molecule has 1 aromatic heterocycles. The average molecular weight is 334 g/mol. The van der Waals surface area contributed by atoms with Gasteiger partial charge in [-0.2, -0.15) is 13.2 Å². The minimum atomic E-state index is -4.49. The summed E-state index contributed by atoms with van der Waals surface area (Å²) in [7, 11) is 0. The molecule has 0 spiro atoms. The predicted molar refractivity (Wildman–Crippen MR) is 83.4 cm³/mol. The van der Waals surface area contributed by atoms with E-state index in [0.29, 0.717) is 5.56 Å². The summed E-state index contributed by atoms with van der Waals surface area (Å²) in [5, 5.41) is 11.8. The van der Waals surface area contributed by atoms with Crippen LogP contribution in [0, 0.1) is 10.1 Å². The summed E-state index contributed by atoms with van der Waals surface area (Å²) in [6.07, 6.45) is -2.87. The number of aromatic amines is 1. The van der Waals surface area contributed by atoms with Crippen LogP contribution in [0.3, 0.4) is 0 Å². The molecular formula is C17H13F3N2O2. The molecule has 3 aromatic rings. The van der Waals surface area contributed by atoms with Crippen LogP contribution >= 0.6 is 0 Å². The fraction of sp³-hybridized carbons (Fsp3) is 0.176. The lowest BCUT2D eigenvalue weighted by Crippen LogP contribution is -2.15. The molecule has 0 radical (unpaired) electrons. The van der Waals surface area contributed by atoms with Crippen molar-refractivity contribution in [3.63, 3.8) is 0 Å². The fourth-order valence-corrected chi connectivity index (χ4v) is 2.85. The second-order valence-electron chi connectivity index (χ2n) is 5.48. The Labute approximate surface area is 135 Å². The number of hydrogen-bond donors (Lipinski definition) is 1. The molecule has 7 heteroatoms. The van der Waals surface area contributed by atoms with E-state index < -0.39 is 29.1 Å². The van der Waals surface area contributed by atoms with Crippen LogP contribution in [0.1, 0.15) is 22.6 Å². The number of nitro groups is 1. The summed E-state index contributed by atoms with van der Waals surface area (Å²) in [6, 6.07) is 11.9. The standard InChI is InChI=1S/C17H13F3N2O2/c18-17(19,20)12-5-3-4-11(8-12)15(10-22(23)24)14-9-21-16-7-2-1-6-13(14)16/h1-9,15,21H,10H2/t15-/m1/s1. The monoisotopic (exact) mass is 334 g/mol. The van der Waals surface area contributed by atoms with Gasteiger partial charge in [-0.3, -0.25) is 10.1 Å². The summed E-state index contributed by atoms with van der Waals surface area (Å²) in [5.74, 6) is -0.765. The molecule has 0 aliphatic heterocycles. The maximum atomic E-state index is 12.9. The summed E-state index contributed by atoms with van der Waals surface area (Å²) >= 11 is 0. The number of halogens is 3. The molecule has 0 saturated carbocycles. The minimum absolute atomic E-state index is 0.270. The molecule has 1 heterocycles. The fourth-order valence-electron chi connectivity index (χ4n) is 2.85. The van der Waals surface area contributed by atoms with E-state index in [2.05, 4.69) is 4.98 Å². The number of benzene rings is 2. The van der Waals surface area contributed by atoms with Crippen molar-refractivity contribution in [1.29, 1.82) is 0 Å². The molecule has 24 heavy (non-hydrogen) atoms. The highest BCUT2D eigenvalue weighted by molar-refractivity contribution is 5.84. The number of hydrogen-bond acceptors (Lipinski definition) is 2. The Morgan fingerprint density at radius 3 is 2.58 bits per heavy atom. The topological polar surface area (TPSA) is 58.9 Å². The Kier molecular flexibility index (Phi) is 4.01. The van der Waals surface area contributed by atoms with E-state index in [1.165, 1.54) is 12.1 Å². The van der Waals surface area contributed by atoms with Crippen LogP contribution < -0.4 is 0 Å². The van der Waals surface area contributed by atoms with E-state index in [4.69, 9.17) is 0 Å². The molecule has 1 atom stereocenters. The van der Waals surface area contributed by atoms with E-state index in [1.54, 1.807) is 18.3 Å². The highest BCUT2D eigenvalue weighted by atomic mass is 19.4. The first-order valence-corrected chi connectivity index (χ1v) is 7.21. The zero-order chi connectivity index (χ0) is 17.3. The number of H-pyrrole nitrogens is 1. The summed E-state index contributed by atoms with van der Waals surface area (Å²) in [5.41, 5.74) is 0.855. The van der Waals surface area contributed by atoms with Crippen molar-refractivity contribution >= 4 is 10.9 Å². The molecule has 2 aromatic carbocycles. The number of nitrogens with zero attached hydrogens (tertiary/aromatic N) is 1. The molecule has 0 aliphatic carbocycles. The lowest BCUT2D eigenvalue weighted by molar-refractivity contribution is -0.481. The van der Waals surface area contributed by atoms with E-state index >= 15 is 0 Å². The Hall–Kier alpha value is -2.83. The van der Waals surface area contributed by atoms with Crippen LogP contribution in [0.25, 0.3) is 10.9 Å². The number of rotatable bonds is 4. The highest BCUT2D eigenvalue weighted by Gasteiger charge is 2.32. The van der Waals surface area contributed by atoms with E-state index in [-0.39, 0.29) is 5.56 Å². The molecule has 1 N–H and O–H groups in total. The van der Waals surface area contributed by atoms with Crippen LogP contribution in [-0.2, 0) is 6.18 Å². The Morgan fingerprint density at radius 2 is 1.88 bits per heavy atom. The van der Waals surface area contributed by atoms with Crippen LogP contribution in [-0.4, -0.2) is 16.5 Å². The van der Waals surface area contributed by atoms with Crippen molar-refractivity contribution in [3.8, 4) is 0 Å². The van der Waals surface area contributed by atoms with Crippen LogP contribution in [0.15, 0.2) is 54.7 Å². The van der Waals surface area contributed by atoms with E-state index in [0.717, 1.165) is 23.0 Å². The molecule has 4 nitrogen and oxygen atoms in total. The largest absolute Gasteiger partial charge is 0.416 e. The van der Waals surface area contributed by atoms with Crippen molar-refractivity contribution < 1.29 is 18.1 Å². The summed E-state index contributed by atoms with van der Waals surface area (Å²) < 4.78 is 38.8. The number of nitrogens with one attached hydrogen (secondary N) is 1. The van der Waals surface area contributed by atoms with Gasteiger partial charge in [0.25, 0.3) is 0 Å². The molecule has 124 valence electrons. The minimum Gasteiger partial charge on any atom is -0.361 e. The third-order valence-corrected chi connectivity index (χ3v) is 3.94. The third kappa shape index (κ3) is 3.10. The smallest absolute Gasteiger partial charge is 0.361 e. The van der Waals surface area contributed by atoms with Crippen molar-refractivity contribution in [1.82, 2.24) is 4.98 Å². The molecule has 0 amide bonds. The number of aromatic nitrogens is 1. The van der Waals surface area contributed by atoms with Gasteiger partial charge in [-0.25, -0.2) is 0 Å².